The smallest absolute Gasteiger partial charge is 0.350 e. The summed E-state index contributed by atoms with van der Waals surface area (Å²) in [5.41, 5.74) is 1.07. The third-order valence-electron chi connectivity index (χ3n) is 5.89. The van der Waals surface area contributed by atoms with Crippen LogP contribution in [0.5, 0.6) is 0 Å². The van der Waals surface area contributed by atoms with E-state index in [4.69, 9.17) is 9.47 Å². The maximum atomic E-state index is 12.4. The molecular weight excluding hydrogens is 302 g/mol. The Bertz CT molecular complexity index is 572. The quantitative estimate of drug-likeness (QED) is 0.793. The van der Waals surface area contributed by atoms with Crippen molar-refractivity contribution in [3.8, 4) is 0 Å². The van der Waals surface area contributed by atoms with Crippen molar-refractivity contribution < 1.29 is 14.3 Å². The van der Waals surface area contributed by atoms with E-state index in [-0.39, 0.29) is 17.6 Å². The first-order chi connectivity index (χ1) is 11.4. The molecule has 1 aliphatic heterocycles. The summed E-state index contributed by atoms with van der Waals surface area (Å²) in [5.74, 6) is 0.801. The van der Waals surface area contributed by atoms with Gasteiger partial charge in [0.1, 0.15) is 0 Å². The van der Waals surface area contributed by atoms with Crippen LogP contribution in [0.3, 0.4) is 0 Å². The molecule has 3 rings (SSSR count). The van der Waals surface area contributed by atoms with Crippen molar-refractivity contribution in [1.82, 2.24) is 4.90 Å². The SMILES string of the molecule is COC(=O)[C@H]1O[C@@H]2C[C@H](C)CC[C@H]2C(C)(C)N1Cc1ccccc1. The lowest BCUT2D eigenvalue weighted by molar-refractivity contribution is -0.242. The topological polar surface area (TPSA) is 38.8 Å². The largest absolute Gasteiger partial charge is 0.466 e. The molecule has 4 atom stereocenters. The second kappa shape index (κ2) is 6.85. The summed E-state index contributed by atoms with van der Waals surface area (Å²) >= 11 is 0. The normalized spacial score (nSPS) is 32.8. The first-order valence-electron chi connectivity index (χ1n) is 8.97. The summed E-state index contributed by atoms with van der Waals surface area (Å²) in [4.78, 5) is 14.6. The van der Waals surface area contributed by atoms with Crippen molar-refractivity contribution in [2.45, 2.75) is 64.4 Å². The molecule has 0 spiro atoms. The highest BCUT2D eigenvalue weighted by molar-refractivity contribution is 5.74. The van der Waals surface area contributed by atoms with Gasteiger partial charge in [-0.1, -0.05) is 43.7 Å². The van der Waals surface area contributed by atoms with E-state index in [1.165, 1.54) is 19.1 Å². The summed E-state index contributed by atoms with van der Waals surface area (Å²) in [7, 11) is 1.44. The number of rotatable bonds is 3. The molecule has 0 aromatic heterocycles. The Morgan fingerprint density at radius 1 is 1.29 bits per heavy atom. The maximum absolute atomic E-state index is 12.4. The molecule has 0 N–H and O–H groups in total. The van der Waals surface area contributed by atoms with Gasteiger partial charge in [-0.2, -0.15) is 0 Å². The van der Waals surface area contributed by atoms with Crippen LogP contribution in [-0.4, -0.2) is 35.8 Å². The van der Waals surface area contributed by atoms with Crippen LogP contribution in [0, 0.1) is 11.8 Å². The number of carbonyl (C=O) groups is 1. The van der Waals surface area contributed by atoms with Crippen molar-refractivity contribution in [2.75, 3.05) is 7.11 Å². The summed E-state index contributed by atoms with van der Waals surface area (Å²) in [6.07, 6.45) is 2.92. The van der Waals surface area contributed by atoms with Crippen molar-refractivity contribution in [3.63, 3.8) is 0 Å². The fraction of sp³-hybridized carbons (Fsp3) is 0.650. The summed E-state index contributed by atoms with van der Waals surface area (Å²) in [6, 6.07) is 10.3. The Morgan fingerprint density at radius 2 is 2.00 bits per heavy atom. The van der Waals surface area contributed by atoms with E-state index < -0.39 is 6.23 Å². The zero-order valence-electron chi connectivity index (χ0n) is 15.2. The minimum Gasteiger partial charge on any atom is -0.466 e. The number of hydrogen-bond donors (Lipinski definition) is 0. The van der Waals surface area contributed by atoms with E-state index in [2.05, 4.69) is 37.8 Å². The molecule has 2 aliphatic rings. The average molecular weight is 331 g/mol. The maximum Gasteiger partial charge on any atom is 0.350 e. The lowest BCUT2D eigenvalue weighted by atomic mass is 9.69. The average Bonchev–Trinajstić information content (AvgIpc) is 2.57. The fourth-order valence-electron chi connectivity index (χ4n) is 4.39. The molecule has 4 nitrogen and oxygen atoms in total. The van der Waals surface area contributed by atoms with Crippen LogP contribution in [0.15, 0.2) is 30.3 Å². The standard InChI is InChI=1S/C20H29NO3/c1-14-10-11-16-17(12-14)24-18(19(22)23-4)21(20(16,2)3)13-15-8-6-5-7-9-15/h5-9,14,16-18H,10-13H2,1-4H3/t14-,16-,17-,18-/m1/s1. The van der Waals surface area contributed by atoms with Crippen LogP contribution in [0.2, 0.25) is 0 Å². The number of esters is 1. The van der Waals surface area contributed by atoms with Crippen LogP contribution >= 0.6 is 0 Å². The molecule has 2 fully saturated rings. The number of fused-ring (bicyclic) bond motifs is 1. The number of ether oxygens (including phenoxy) is 2. The van der Waals surface area contributed by atoms with E-state index in [1.807, 2.05) is 18.2 Å². The molecule has 1 aromatic carbocycles. The van der Waals surface area contributed by atoms with Crippen LogP contribution in [-0.2, 0) is 20.8 Å². The van der Waals surface area contributed by atoms with E-state index in [0.717, 1.165) is 12.8 Å². The van der Waals surface area contributed by atoms with Crippen molar-refractivity contribution >= 4 is 5.97 Å². The minimum absolute atomic E-state index is 0.113. The second-order valence-corrected chi connectivity index (χ2v) is 7.84. The Kier molecular flexibility index (Phi) is 4.97. The van der Waals surface area contributed by atoms with Gasteiger partial charge in [0.15, 0.2) is 0 Å². The molecule has 0 radical (unpaired) electrons. The molecule has 1 saturated carbocycles. The first-order valence-corrected chi connectivity index (χ1v) is 8.97. The Balaban J connectivity index is 1.91. The molecule has 132 valence electrons. The Hall–Kier alpha value is -1.39. The van der Waals surface area contributed by atoms with Gasteiger partial charge >= 0.3 is 5.97 Å². The number of methoxy groups -OCH3 is 1. The van der Waals surface area contributed by atoms with Crippen LogP contribution < -0.4 is 0 Å². The van der Waals surface area contributed by atoms with Gasteiger partial charge in [-0.3, -0.25) is 4.90 Å². The molecule has 1 saturated heterocycles. The van der Waals surface area contributed by atoms with Gasteiger partial charge in [-0.05, 0) is 38.2 Å². The van der Waals surface area contributed by atoms with Crippen LogP contribution in [0.4, 0.5) is 0 Å². The van der Waals surface area contributed by atoms with Crippen molar-refractivity contribution in [2.24, 2.45) is 11.8 Å². The summed E-state index contributed by atoms with van der Waals surface area (Å²) in [5, 5.41) is 0. The van der Waals surface area contributed by atoms with Gasteiger partial charge in [-0.15, -0.1) is 0 Å². The number of hydrogen-bond acceptors (Lipinski definition) is 4. The Morgan fingerprint density at radius 3 is 2.67 bits per heavy atom. The third-order valence-corrected chi connectivity index (χ3v) is 5.89. The Labute approximate surface area is 145 Å². The minimum atomic E-state index is -0.628. The fourth-order valence-corrected chi connectivity index (χ4v) is 4.39. The highest BCUT2D eigenvalue weighted by atomic mass is 16.6. The number of nitrogens with zero attached hydrogens (tertiary/aromatic N) is 1. The number of benzene rings is 1. The molecular formula is C20H29NO3. The highest BCUT2D eigenvalue weighted by Gasteiger charge is 2.52. The molecule has 0 bridgehead atoms. The number of carbonyl (C=O) groups excluding carboxylic acids is 1. The van der Waals surface area contributed by atoms with Crippen LogP contribution in [0.1, 0.15) is 45.6 Å². The second-order valence-electron chi connectivity index (χ2n) is 7.84. The van der Waals surface area contributed by atoms with Gasteiger partial charge < -0.3 is 9.47 Å². The first kappa shape index (κ1) is 17.4. The van der Waals surface area contributed by atoms with E-state index >= 15 is 0 Å². The van der Waals surface area contributed by atoms with Gasteiger partial charge in [0.05, 0.1) is 13.2 Å². The molecule has 1 aromatic rings. The molecule has 4 heteroatoms. The zero-order valence-corrected chi connectivity index (χ0v) is 15.2. The van der Waals surface area contributed by atoms with E-state index in [9.17, 15) is 4.79 Å². The predicted molar refractivity (Wildman–Crippen MR) is 93.2 cm³/mol. The van der Waals surface area contributed by atoms with E-state index in [1.54, 1.807) is 0 Å². The monoisotopic (exact) mass is 331 g/mol. The molecule has 0 amide bonds. The highest BCUT2D eigenvalue weighted by Crippen LogP contribution is 2.45. The predicted octanol–water partition coefficient (Wildman–Crippen LogP) is 3.60. The van der Waals surface area contributed by atoms with Gasteiger partial charge in [0.25, 0.3) is 0 Å². The van der Waals surface area contributed by atoms with Gasteiger partial charge in [0, 0.05) is 18.0 Å². The molecule has 0 unspecified atom stereocenters. The zero-order chi connectivity index (χ0) is 17.3. The van der Waals surface area contributed by atoms with E-state index in [0.29, 0.717) is 18.4 Å². The van der Waals surface area contributed by atoms with Crippen LogP contribution in [0.25, 0.3) is 0 Å². The van der Waals surface area contributed by atoms with Gasteiger partial charge in [0.2, 0.25) is 6.23 Å². The summed E-state index contributed by atoms with van der Waals surface area (Å²) in [6.45, 7) is 7.46. The van der Waals surface area contributed by atoms with Gasteiger partial charge in [-0.25, -0.2) is 4.79 Å². The molecule has 1 heterocycles. The third kappa shape index (κ3) is 3.22. The molecule has 24 heavy (non-hydrogen) atoms. The van der Waals surface area contributed by atoms with Crippen molar-refractivity contribution in [1.29, 1.82) is 0 Å². The molecule has 1 aliphatic carbocycles. The lowest BCUT2D eigenvalue weighted by Crippen LogP contribution is -2.66. The lowest BCUT2D eigenvalue weighted by Gasteiger charge is -2.56. The summed E-state index contributed by atoms with van der Waals surface area (Å²) < 4.78 is 11.3. The van der Waals surface area contributed by atoms with Crippen molar-refractivity contribution in [3.05, 3.63) is 35.9 Å².